The SMILES string of the molecule is CCOc1ccc(SCC(=O)NNC(=O)c2ccoc2C)cc1. The normalized spacial score (nSPS) is 10.2. The maximum atomic E-state index is 11.8. The molecule has 7 heteroatoms. The molecule has 0 spiro atoms. The highest BCUT2D eigenvalue weighted by atomic mass is 32.2. The average Bonchev–Trinajstić information content (AvgIpc) is 2.98. The van der Waals surface area contributed by atoms with Crippen molar-refractivity contribution >= 4 is 23.6 Å². The van der Waals surface area contributed by atoms with Crippen LogP contribution in [0.5, 0.6) is 5.75 Å². The van der Waals surface area contributed by atoms with E-state index in [-0.39, 0.29) is 11.7 Å². The minimum absolute atomic E-state index is 0.193. The molecule has 0 unspecified atom stereocenters. The minimum Gasteiger partial charge on any atom is -0.494 e. The fraction of sp³-hybridized carbons (Fsp3) is 0.250. The number of aryl methyl sites for hydroxylation is 1. The second-order valence-corrected chi connectivity index (χ2v) is 5.63. The van der Waals surface area contributed by atoms with Gasteiger partial charge in [0.2, 0.25) is 5.91 Å². The predicted octanol–water partition coefficient (Wildman–Crippen LogP) is 2.54. The van der Waals surface area contributed by atoms with Crippen LogP contribution in [0.3, 0.4) is 0 Å². The van der Waals surface area contributed by atoms with E-state index in [1.54, 1.807) is 13.0 Å². The quantitative estimate of drug-likeness (QED) is 0.627. The zero-order valence-corrected chi connectivity index (χ0v) is 13.7. The first kappa shape index (κ1) is 17.0. The van der Waals surface area contributed by atoms with Crippen molar-refractivity contribution in [3.8, 4) is 5.75 Å². The summed E-state index contributed by atoms with van der Waals surface area (Å²) < 4.78 is 10.4. The Morgan fingerprint density at radius 2 is 1.91 bits per heavy atom. The summed E-state index contributed by atoms with van der Waals surface area (Å²) in [5, 5.41) is 0. The van der Waals surface area contributed by atoms with Gasteiger partial charge in [0.05, 0.1) is 24.2 Å². The first-order valence-electron chi connectivity index (χ1n) is 7.09. The van der Waals surface area contributed by atoms with Crippen LogP contribution in [0.15, 0.2) is 45.9 Å². The number of ether oxygens (including phenoxy) is 1. The van der Waals surface area contributed by atoms with Gasteiger partial charge in [-0.2, -0.15) is 0 Å². The largest absolute Gasteiger partial charge is 0.494 e. The standard InChI is InChI=1S/C16H18N2O4S/c1-3-21-12-4-6-13(7-5-12)23-10-15(19)17-18-16(20)14-8-9-22-11(14)2/h4-9H,3,10H2,1-2H3,(H,17,19)(H,18,20). The van der Waals surface area contributed by atoms with Gasteiger partial charge in [0, 0.05) is 4.90 Å². The number of hydrogen-bond donors (Lipinski definition) is 2. The number of benzene rings is 1. The van der Waals surface area contributed by atoms with Gasteiger partial charge in [0.1, 0.15) is 11.5 Å². The van der Waals surface area contributed by atoms with Gasteiger partial charge in [-0.3, -0.25) is 20.4 Å². The van der Waals surface area contributed by atoms with Crippen molar-refractivity contribution in [3.63, 3.8) is 0 Å². The predicted molar refractivity (Wildman–Crippen MR) is 87.4 cm³/mol. The number of furan rings is 1. The number of carbonyl (C=O) groups is 2. The maximum absolute atomic E-state index is 11.8. The van der Waals surface area contributed by atoms with Gasteiger partial charge in [0.25, 0.3) is 5.91 Å². The molecule has 6 nitrogen and oxygen atoms in total. The molecule has 1 aromatic heterocycles. The molecule has 23 heavy (non-hydrogen) atoms. The molecular weight excluding hydrogens is 316 g/mol. The van der Waals surface area contributed by atoms with Crippen molar-refractivity contribution in [2.75, 3.05) is 12.4 Å². The topological polar surface area (TPSA) is 80.6 Å². The van der Waals surface area contributed by atoms with Gasteiger partial charge >= 0.3 is 0 Å². The summed E-state index contributed by atoms with van der Waals surface area (Å²) in [5.41, 5.74) is 5.12. The summed E-state index contributed by atoms with van der Waals surface area (Å²) >= 11 is 1.37. The molecule has 0 radical (unpaired) electrons. The van der Waals surface area contributed by atoms with E-state index in [9.17, 15) is 9.59 Å². The fourth-order valence-electron chi connectivity index (χ4n) is 1.80. The van der Waals surface area contributed by atoms with Gasteiger partial charge in [-0.1, -0.05) is 0 Å². The van der Waals surface area contributed by atoms with Crippen LogP contribution in [0.4, 0.5) is 0 Å². The van der Waals surface area contributed by atoms with Crippen molar-refractivity contribution in [1.29, 1.82) is 0 Å². The van der Waals surface area contributed by atoms with Crippen molar-refractivity contribution in [1.82, 2.24) is 10.9 Å². The smallest absolute Gasteiger partial charge is 0.273 e. The van der Waals surface area contributed by atoms with Crippen LogP contribution in [0.1, 0.15) is 23.0 Å². The summed E-state index contributed by atoms with van der Waals surface area (Å²) in [6.07, 6.45) is 1.42. The number of thioether (sulfide) groups is 1. The Labute approximate surface area is 138 Å². The lowest BCUT2D eigenvalue weighted by molar-refractivity contribution is -0.119. The zero-order valence-electron chi connectivity index (χ0n) is 12.9. The van der Waals surface area contributed by atoms with Crippen LogP contribution >= 0.6 is 11.8 Å². The monoisotopic (exact) mass is 334 g/mol. The third-order valence-electron chi connectivity index (χ3n) is 2.92. The van der Waals surface area contributed by atoms with E-state index in [0.717, 1.165) is 10.6 Å². The van der Waals surface area contributed by atoms with E-state index in [4.69, 9.17) is 9.15 Å². The number of hydrazine groups is 1. The lowest BCUT2D eigenvalue weighted by atomic mass is 10.2. The van der Waals surface area contributed by atoms with Gasteiger partial charge < -0.3 is 9.15 Å². The van der Waals surface area contributed by atoms with Crippen LogP contribution in [0, 0.1) is 6.92 Å². The fourth-order valence-corrected chi connectivity index (χ4v) is 2.50. The van der Waals surface area contributed by atoms with Gasteiger partial charge in [-0.15, -0.1) is 11.8 Å². The molecule has 1 aromatic carbocycles. The second kappa shape index (κ2) is 8.28. The molecule has 0 saturated heterocycles. The molecule has 0 aliphatic rings. The van der Waals surface area contributed by atoms with E-state index < -0.39 is 5.91 Å². The summed E-state index contributed by atoms with van der Waals surface area (Å²) in [5.74, 6) is 0.789. The Bertz CT molecular complexity index is 667. The molecule has 0 atom stereocenters. The Kier molecular flexibility index (Phi) is 6.10. The van der Waals surface area contributed by atoms with Crippen molar-refractivity contribution < 1.29 is 18.7 Å². The molecule has 0 bridgehead atoms. The van der Waals surface area contributed by atoms with E-state index >= 15 is 0 Å². The highest BCUT2D eigenvalue weighted by Crippen LogP contribution is 2.21. The van der Waals surface area contributed by atoms with Gasteiger partial charge in [0.15, 0.2) is 0 Å². The molecule has 1 heterocycles. The first-order valence-corrected chi connectivity index (χ1v) is 8.07. The first-order chi connectivity index (χ1) is 11.1. The van der Waals surface area contributed by atoms with Crippen molar-refractivity contribution in [2.45, 2.75) is 18.7 Å². The van der Waals surface area contributed by atoms with E-state index in [0.29, 0.717) is 17.9 Å². The van der Waals surface area contributed by atoms with Crippen LogP contribution in [-0.2, 0) is 4.79 Å². The molecule has 122 valence electrons. The highest BCUT2D eigenvalue weighted by molar-refractivity contribution is 8.00. The molecule has 2 rings (SSSR count). The van der Waals surface area contributed by atoms with E-state index in [1.165, 1.54) is 18.0 Å². The molecule has 0 fully saturated rings. The Morgan fingerprint density at radius 3 is 2.52 bits per heavy atom. The van der Waals surface area contributed by atoms with Crippen LogP contribution in [0.25, 0.3) is 0 Å². The molecule has 2 aromatic rings. The third kappa shape index (κ3) is 5.07. The Balaban J connectivity index is 1.74. The van der Waals surface area contributed by atoms with E-state index in [1.807, 2.05) is 31.2 Å². The summed E-state index contributed by atoms with van der Waals surface area (Å²) in [4.78, 5) is 24.5. The zero-order chi connectivity index (χ0) is 16.7. The summed E-state index contributed by atoms with van der Waals surface area (Å²) in [7, 11) is 0. The third-order valence-corrected chi connectivity index (χ3v) is 3.94. The van der Waals surface area contributed by atoms with Crippen LogP contribution < -0.4 is 15.6 Å². The van der Waals surface area contributed by atoms with Gasteiger partial charge in [-0.05, 0) is 44.2 Å². The van der Waals surface area contributed by atoms with Crippen LogP contribution in [-0.4, -0.2) is 24.2 Å². The Hall–Kier alpha value is -2.41. The number of rotatable bonds is 6. The molecule has 0 aliphatic carbocycles. The van der Waals surface area contributed by atoms with Crippen LogP contribution in [0.2, 0.25) is 0 Å². The number of nitrogens with one attached hydrogen (secondary N) is 2. The number of hydrogen-bond acceptors (Lipinski definition) is 5. The number of carbonyl (C=O) groups excluding carboxylic acids is 2. The second-order valence-electron chi connectivity index (χ2n) is 4.59. The van der Waals surface area contributed by atoms with Gasteiger partial charge in [-0.25, -0.2) is 0 Å². The highest BCUT2D eigenvalue weighted by Gasteiger charge is 2.12. The molecule has 0 aliphatic heterocycles. The molecule has 0 saturated carbocycles. The number of amides is 2. The average molecular weight is 334 g/mol. The molecule has 2 N–H and O–H groups in total. The summed E-state index contributed by atoms with van der Waals surface area (Å²) in [6, 6.07) is 9.03. The molecular formula is C16H18N2O4S. The van der Waals surface area contributed by atoms with Crippen molar-refractivity contribution in [3.05, 3.63) is 47.9 Å². The Morgan fingerprint density at radius 1 is 1.17 bits per heavy atom. The van der Waals surface area contributed by atoms with Crippen molar-refractivity contribution in [2.24, 2.45) is 0 Å². The molecule has 2 amide bonds. The summed E-state index contributed by atoms with van der Waals surface area (Å²) in [6.45, 7) is 4.22. The maximum Gasteiger partial charge on any atom is 0.273 e. The van der Waals surface area contributed by atoms with E-state index in [2.05, 4.69) is 10.9 Å². The lowest BCUT2D eigenvalue weighted by Crippen LogP contribution is -2.42. The minimum atomic E-state index is -0.407. The lowest BCUT2D eigenvalue weighted by Gasteiger charge is -2.07.